The van der Waals surface area contributed by atoms with Crippen molar-refractivity contribution >= 4 is 28.7 Å². The van der Waals surface area contributed by atoms with E-state index in [1.54, 1.807) is 27.2 Å². The average Bonchev–Trinajstić information content (AvgIpc) is 3.34. The smallest absolute Gasteiger partial charge is 0.265 e. The predicted molar refractivity (Wildman–Crippen MR) is 113 cm³/mol. The van der Waals surface area contributed by atoms with Crippen molar-refractivity contribution in [2.24, 2.45) is 0 Å². The second-order valence-electron chi connectivity index (χ2n) is 7.81. The van der Waals surface area contributed by atoms with Gasteiger partial charge in [-0.05, 0) is 38.3 Å². The van der Waals surface area contributed by atoms with Crippen LogP contribution in [-0.4, -0.2) is 49.0 Å². The van der Waals surface area contributed by atoms with Gasteiger partial charge in [-0.15, -0.1) is 0 Å². The van der Waals surface area contributed by atoms with Crippen LogP contribution in [0.15, 0.2) is 40.4 Å². The summed E-state index contributed by atoms with van der Waals surface area (Å²) in [7, 11) is 0. The number of rotatable bonds is 3. The van der Waals surface area contributed by atoms with Gasteiger partial charge in [0, 0.05) is 25.3 Å². The summed E-state index contributed by atoms with van der Waals surface area (Å²) in [6.07, 6.45) is 5.28. The number of nitrogens with zero attached hydrogens (tertiary/aromatic N) is 5. The predicted octanol–water partition coefficient (Wildman–Crippen LogP) is 2.94. The van der Waals surface area contributed by atoms with Crippen molar-refractivity contribution in [3.05, 3.63) is 46.4 Å². The molecule has 0 N–H and O–H groups in total. The third-order valence-corrected chi connectivity index (χ3v) is 6.87. The highest BCUT2D eigenvalue weighted by Crippen LogP contribution is 2.34. The van der Waals surface area contributed by atoms with Crippen molar-refractivity contribution < 1.29 is 4.79 Å². The van der Waals surface area contributed by atoms with E-state index < -0.39 is 0 Å². The number of aromatic nitrogens is 4. The van der Waals surface area contributed by atoms with E-state index in [-0.39, 0.29) is 17.5 Å². The number of hydrogen-bond acceptors (Lipinski definition) is 5. The lowest BCUT2D eigenvalue weighted by Gasteiger charge is -2.28. The lowest BCUT2D eigenvalue weighted by Crippen LogP contribution is -2.37. The minimum Gasteiger partial charge on any atom is -0.343 e. The maximum absolute atomic E-state index is 13.2. The molecule has 1 amide bonds. The molecule has 1 aromatic carbocycles. The van der Waals surface area contributed by atoms with Crippen molar-refractivity contribution in [2.45, 2.75) is 43.8 Å². The van der Waals surface area contributed by atoms with E-state index in [0.717, 1.165) is 37.2 Å². The Morgan fingerprint density at radius 2 is 1.93 bits per heavy atom. The van der Waals surface area contributed by atoms with Crippen LogP contribution in [0.3, 0.4) is 0 Å². The van der Waals surface area contributed by atoms with Gasteiger partial charge in [-0.1, -0.05) is 29.5 Å². The Bertz CT molecular complexity index is 1130. The van der Waals surface area contributed by atoms with Gasteiger partial charge in [0.2, 0.25) is 5.91 Å². The van der Waals surface area contributed by atoms with Gasteiger partial charge in [0.25, 0.3) is 5.56 Å². The van der Waals surface area contributed by atoms with Crippen molar-refractivity contribution in [1.29, 1.82) is 0 Å². The maximum Gasteiger partial charge on any atom is 0.265 e. The summed E-state index contributed by atoms with van der Waals surface area (Å²) in [6, 6.07) is 7.83. The number of likely N-dealkylation sites (tertiary alicyclic amines) is 1. The van der Waals surface area contributed by atoms with E-state index in [1.807, 2.05) is 36.1 Å². The van der Waals surface area contributed by atoms with Crippen LogP contribution < -0.4 is 5.56 Å². The molecule has 1 unspecified atom stereocenters. The monoisotopic (exact) mass is 409 g/mol. The summed E-state index contributed by atoms with van der Waals surface area (Å²) < 4.78 is 3.42. The maximum atomic E-state index is 13.2. The van der Waals surface area contributed by atoms with Gasteiger partial charge < -0.3 is 4.90 Å². The summed E-state index contributed by atoms with van der Waals surface area (Å²) >= 11 is 1.54. The molecule has 8 heteroatoms. The molecule has 2 aliphatic heterocycles. The van der Waals surface area contributed by atoms with Crippen molar-refractivity contribution in [3.8, 4) is 5.69 Å². The van der Waals surface area contributed by atoms with Crippen LogP contribution in [0.25, 0.3) is 16.7 Å². The third kappa shape index (κ3) is 3.25. The molecule has 29 heavy (non-hydrogen) atoms. The molecular weight excluding hydrogens is 386 g/mol. The highest BCUT2D eigenvalue weighted by molar-refractivity contribution is 7.99. The fraction of sp³-hybridized carbons (Fsp3) is 0.429. The molecule has 0 bridgehead atoms. The third-order valence-electron chi connectivity index (χ3n) is 5.77. The average molecular weight is 410 g/mol. The summed E-state index contributed by atoms with van der Waals surface area (Å²) in [6.45, 7) is 3.70. The number of fused-ring (bicyclic) bond motifs is 2. The lowest BCUT2D eigenvalue weighted by molar-refractivity contribution is -0.132. The molecule has 150 valence electrons. The fourth-order valence-corrected chi connectivity index (χ4v) is 5.26. The first kappa shape index (κ1) is 18.4. The van der Waals surface area contributed by atoms with Crippen LogP contribution in [0.4, 0.5) is 0 Å². The molecule has 3 aromatic rings. The van der Waals surface area contributed by atoms with Crippen LogP contribution in [0.2, 0.25) is 0 Å². The zero-order chi connectivity index (χ0) is 20.0. The molecule has 0 saturated carbocycles. The van der Waals surface area contributed by atoms with Gasteiger partial charge in [0.05, 0.1) is 17.9 Å². The first-order chi connectivity index (χ1) is 14.1. The summed E-state index contributed by atoms with van der Waals surface area (Å²) in [5.41, 5.74) is 2.50. The zero-order valence-electron chi connectivity index (χ0n) is 16.4. The molecule has 0 aliphatic carbocycles. The number of amides is 1. The Morgan fingerprint density at radius 3 is 2.69 bits per heavy atom. The molecule has 4 heterocycles. The van der Waals surface area contributed by atoms with Gasteiger partial charge in [-0.3, -0.25) is 14.2 Å². The highest BCUT2D eigenvalue weighted by atomic mass is 32.2. The van der Waals surface area contributed by atoms with Crippen molar-refractivity contribution in [2.75, 3.05) is 18.8 Å². The number of piperidine rings is 1. The van der Waals surface area contributed by atoms with Gasteiger partial charge in [0.15, 0.2) is 10.8 Å². The molecule has 0 radical (unpaired) electrons. The van der Waals surface area contributed by atoms with Crippen LogP contribution in [-0.2, 0) is 4.79 Å². The topological polar surface area (TPSA) is 73.0 Å². The number of thioether (sulfide) groups is 1. The van der Waals surface area contributed by atoms with Crippen LogP contribution in [0.1, 0.15) is 37.3 Å². The summed E-state index contributed by atoms with van der Waals surface area (Å²) in [4.78, 5) is 32.6. The summed E-state index contributed by atoms with van der Waals surface area (Å²) in [5.74, 6) is 0.845. The second kappa shape index (κ2) is 7.33. The standard InChI is InChI=1S/C21H23N5O2S/c1-14-5-7-15(8-6-14)26-19-17(12-22-26)20(28)25-16(13-29-21(25)23-19)11-18(27)24-9-3-2-4-10-24/h5-8,12,16H,2-4,9-11,13H2,1H3. The first-order valence-electron chi connectivity index (χ1n) is 10.1. The van der Waals surface area contributed by atoms with E-state index in [2.05, 4.69) is 5.10 Å². The normalized spacial score (nSPS) is 18.9. The fourth-order valence-electron chi connectivity index (χ4n) is 4.13. The van der Waals surface area contributed by atoms with E-state index in [1.165, 1.54) is 6.42 Å². The zero-order valence-corrected chi connectivity index (χ0v) is 17.2. The van der Waals surface area contributed by atoms with E-state index >= 15 is 0 Å². The molecule has 2 aromatic heterocycles. The quantitative estimate of drug-likeness (QED) is 0.622. The van der Waals surface area contributed by atoms with Gasteiger partial charge in [-0.2, -0.15) is 5.10 Å². The molecule has 7 nitrogen and oxygen atoms in total. The summed E-state index contributed by atoms with van der Waals surface area (Å²) in [5, 5.41) is 5.58. The number of carbonyl (C=O) groups is 1. The van der Waals surface area contributed by atoms with Gasteiger partial charge in [-0.25, -0.2) is 9.67 Å². The molecule has 5 rings (SSSR count). The molecule has 1 fully saturated rings. The van der Waals surface area contributed by atoms with Gasteiger partial charge in [0.1, 0.15) is 5.39 Å². The largest absolute Gasteiger partial charge is 0.343 e. The Kier molecular flexibility index (Phi) is 4.66. The molecule has 0 spiro atoms. The number of benzene rings is 1. The minimum atomic E-state index is -0.142. The number of aryl methyl sites for hydroxylation is 1. The van der Waals surface area contributed by atoms with Gasteiger partial charge >= 0.3 is 0 Å². The second-order valence-corrected chi connectivity index (χ2v) is 8.80. The molecular formula is C21H23N5O2S. The Morgan fingerprint density at radius 1 is 1.17 bits per heavy atom. The van der Waals surface area contributed by atoms with Crippen LogP contribution in [0, 0.1) is 6.92 Å². The molecule has 1 saturated heterocycles. The Labute approximate surface area is 172 Å². The highest BCUT2D eigenvalue weighted by Gasteiger charge is 2.31. The SMILES string of the molecule is Cc1ccc(-n2ncc3c(=O)n4c(nc32)SCC4CC(=O)N2CCCCC2)cc1. The molecule has 2 aliphatic rings. The minimum absolute atomic E-state index is 0.107. The van der Waals surface area contributed by atoms with Crippen LogP contribution in [0.5, 0.6) is 0 Å². The van der Waals surface area contributed by atoms with Crippen molar-refractivity contribution in [3.63, 3.8) is 0 Å². The lowest BCUT2D eigenvalue weighted by atomic mass is 10.1. The van der Waals surface area contributed by atoms with E-state index in [4.69, 9.17) is 4.98 Å². The first-order valence-corrected chi connectivity index (χ1v) is 11.1. The van der Waals surface area contributed by atoms with Crippen LogP contribution >= 0.6 is 11.8 Å². The van der Waals surface area contributed by atoms with E-state index in [9.17, 15) is 9.59 Å². The van der Waals surface area contributed by atoms with E-state index in [0.29, 0.717) is 28.4 Å². The Balaban J connectivity index is 1.48. The molecule has 1 atom stereocenters. The Hall–Kier alpha value is -2.61. The number of carbonyl (C=O) groups excluding carboxylic acids is 1. The van der Waals surface area contributed by atoms with Crippen molar-refractivity contribution in [1.82, 2.24) is 24.2 Å². The number of hydrogen-bond donors (Lipinski definition) is 0.